The van der Waals surface area contributed by atoms with Crippen molar-refractivity contribution >= 4 is 23.8 Å². The van der Waals surface area contributed by atoms with Gasteiger partial charge < -0.3 is 9.57 Å². The van der Waals surface area contributed by atoms with Gasteiger partial charge in [-0.05, 0) is 5.92 Å². The summed E-state index contributed by atoms with van der Waals surface area (Å²) in [6, 6.07) is 0. The minimum atomic E-state index is -0.788. The third-order valence-electron chi connectivity index (χ3n) is 3.04. The van der Waals surface area contributed by atoms with Gasteiger partial charge in [-0.25, -0.2) is 4.79 Å². The first kappa shape index (κ1) is 16.9. The van der Waals surface area contributed by atoms with Gasteiger partial charge in [-0.15, -0.1) is 5.06 Å². The molecule has 0 saturated carbocycles. The molecule has 0 N–H and O–H groups in total. The second-order valence-electron chi connectivity index (χ2n) is 5.02. The zero-order valence-electron chi connectivity index (χ0n) is 12.2. The van der Waals surface area contributed by atoms with Gasteiger partial charge in [0.1, 0.15) is 6.61 Å². The first-order valence-corrected chi connectivity index (χ1v) is 6.71. The predicted octanol–water partition coefficient (Wildman–Crippen LogP) is 0.985. The molecule has 1 heterocycles. The maximum Gasteiger partial charge on any atom is 0.337 e. The largest absolute Gasteiger partial charge is 0.461 e. The van der Waals surface area contributed by atoms with E-state index in [1.165, 1.54) is 6.08 Å². The highest BCUT2D eigenvalue weighted by molar-refractivity contribution is 6.01. The molecule has 1 fully saturated rings. The number of carbonyl (C=O) groups excluding carboxylic acids is 4. The van der Waals surface area contributed by atoms with Gasteiger partial charge >= 0.3 is 11.9 Å². The van der Waals surface area contributed by atoms with Crippen LogP contribution in [0.2, 0.25) is 0 Å². The lowest BCUT2D eigenvalue weighted by atomic mass is 9.93. The molecule has 1 atom stereocenters. The van der Waals surface area contributed by atoms with Crippen LogP contribution >= 0.6 is 0 Å². The normalized spacial score (nSPS) is 16.0. The van der Waals surface area contributed by atoms with Gasteiger partial charge in [0.15, 0.2) is 0 Å². The van der Waals surface area contributed by atoms with E-state index in [-0.39, 0.29) is 31.8 Å². The molecule has 0 radical (unpaired) electrons. The van der Waals surface area contributed by atoms with Gasteiger partial charge in [0.05, 0.1) is 12.3 Å². The number of esters is 1. The summed E-state index contributed by atoms with van der Waals surface area (Å²) >= 11 is 0. The molecule has 0 bridgehead atoms. The van der Waals surface area contributed by atoms with E-state index < -0.39 is 29.7 Å². The fourth-order valence-corrected chi connectivity index (χ4v) is 1.80. The van der Waals surface area contributed by atoms with Crippen molar-refractivity contribution in [3.63, 3.8) is 0 Å². The van der Waals surface area contributed by atoms with Crippen LogP contribution in [-0.4, -0.2) is 35.4 Å². The second-order valence-corrected chi connectivity index (χ2v) is 5.02. The fraction of sp³-hybridized carbons (Fsp3) is 0.571. The molecule has 2 amide bonds. The smallest absolute Gasteiger partial charge is 0.337 e. The lowest BCUT2D eigenvalue weighted by molar-refractivity contribution is -0.202. The molecule has 7 heteroatoms. The lowest BCUT2D eigenvalue weighted by Crippen LogP contribution is -2.36. The van der Waals surface area contributed by atoms with Crippen LogP contribution < -0.4 is 0 Å². The Labute approximate surface area is 122 Å². The molecule has 0 aromatic heterocycles. The van der Waals surface area contributed by atoms with E-state index in [0.717, 1.165) is 0 Å². The Hall–Kier alpha value is -2.18. The number of nitrogens with zero attached hydrogens (tertiary/aromatic N) is 1. The van der Waals surface area contributed by atoms with Crippen LogP contribution in [0, 0.1) is 11.8 Å². The lowest BCUT2D eigenvalue weighted by Gasteiger charge is -2.20. The average Bonchev–Trinajstić information content (AvgIpc) is 2.73. The van der Waals surface area contributed by atoms with Crippen molar-refractivity contribution in [2.45, 2.75) is 33.1 Å². The standard InChI is InChI=1S/C14H19NO6/c1-4-7-20-13(18)8-10(9(2)3)14(19)21-15-11(16)5-6-12(15)17/h4,9-10H,1,5-8H2,2-3H3/t10-/m0/s1. The second kappa shape index (κ2) is 7.56. The van der Waals surface area contributed by atoms with Gasteiger partial charge in [0, 0.05) is 12.8 Å². The van der Waals surface area contributed by atoms with Gasteiger partial charge in [-0.2, -0.15) is 0 Å². The van der Waals surface area contributed by atoms with Gasteiger partial charge in [0.2, 0.25) is 0 Å². The molecular formula is C14H19NO6. The van der Waals surface area contributed by atoms with Crippen LogP contribution in [0.15, 0.2) is 12.7 Å². The molecule has 116 valence electrons. The first-order chi connectivity index (χ1) is 9.86. The van der Waals surface area contributed by atoms with Crippen LogP contribution in [-0.2, 0) is 28.8 Å². The highest BCUT2D eigenvalue weighted by Gasteiger charge is 2.36. The van der Waals surface area contributed by atoms with Crippen LogP contribution in [0.25, 0.3) is 0 Å². The summed E-state index contributed by atoms with van der Waals surface area (Å²) in [7, 11) is 0. The Bertz CT molecular complexity index is 440. The predicted molar refractivity (Wildman–Crippen MR) is 71.3 cm³/mol. The third-order valence-corrected chi connectivity index (χ3v) is 3.04. The Kier molecular flexibility index (Phi) is 6.08. The molecule has 1 aliphatic heterocycles. The number of hydrogen-bond acceptors (Lipinski definition) is 6. The molecule has 7 nitrogen and oxygen atoms in total. The molecule has 0 spiro atoms. The number of imide groups is 1. The summed E-state index contributed by atoms with van der Waals surface area (Å²) in [5.74, 6) is -3.45. The summed E-state index contributed by atoms with van der Waals surface area (Å²) in [6.45, 7) is 6.95. The van der Waals surface area contributed by atoms with Crippen molar-refractivity contribution in [3.8, 4) is 0 Å². The van der Waals surface area contributed by atoms with E-state index in [9.17, 15) is 19.2 Å². The van der Waals surface area contributed by atoms with Crippen LogP contribution in [0.1, 0.15) is 33.1 Å². The summed E-state index contributed by atoms with van der Waals surface area (Å²) in [5, 5.41) is 0.479. The fourth-order valence-electron chi connectivity index (χ4n) is 1.80. The zero-order chi connectivity index (χ0) is 16.0. The summed E-state index contributed by atoms with van der Waals surface area (Å²) in [6.07, 6.45) is 1.29. The number of hydrogen-bond donors (Lipinski definition) is 0. The maximum atomic E-state index is 12.0. The van der Waals surface area contributed by atoms with Crippen molar-refractivity contribution in [2.24, 2.45) is 11.8 Å². The average molecular weight is 297 g/mol. The third kappa shape index (κ3) is 4.70. The summed E-state index contributed by atoms with van der Waals surface area (Å²) < 4.78 is 4.82. The summed E-state index contributed by atoms with van der Waals surface area (Å²) in [4.78, 5) is 51.2. The Morgan fingerprint density at radius 3 is 2.33 bits per heavy atom. The van der Waals surface area contributed by atoms with Gasteiger partial charge in [-0.1, -0.05) is 26.5 Å². The topological polar surface area (TPSA) is 90.0 Å². The molecule has 1 rings (SSSR count). The number of amides is 2. The van der Waals surface area contributed by atoms with Crippen LogP contribution in [0.3, 0.4) is 0 Å². The molecular weight excluding hydrogens is 278 g/mol. The molecule has 21 heavy (non-hydrogen) atoms. The number of hydroxylamine groups is 2. The van der Waals surface area contributed by atoms with E-state index >= 15 is 0 Å². The van der Waals surface area contributed by atoms with E-state index in [4.69, 9.17) is 9.57 Å². The Morgan fingerprint density at radius 2 is 1.86 bits per heavy atom. The van der Waals surface area contributed by atoms with E-state index in [1.807, 2.05) is 0 Å². The number of rotatable bonds is 7. The van der Waals surface area contributed by atoms with E-state index in [0.29, 0.717) is 5.06 Å². The first-order valence-electron chi connectivity index (χ1n) is 6.71. The van der Waals surface area contributed by atoms with Gasteiger partial charge in [0.25, 0.3) is 11.8 Å². The van der Waals surface area contributed by atoms with Crippen molar-refractivity contribution in [2.75, 3.05) is 6.61 Å². The van der Waals surface area contributed by atoms with E-state index in [1.54, 1.807) is 13.8 Å². The van der Waals surface area contributed by atoms with Crippen LogP contribution in [0.5, 0.6) is 0 Å². The van der Waals surface area contributed by atoms with E-state index in [2.05, 4.69) is 6.58 Å². The maximum absolute atomic E-state index is 12.0. The number of carbonyl (C=O) groups is 4. The minimum Gasteiger partial charge on any atom is -0.461 e. The molecule has 0 aromatic rings. The van der Waals surface area contributed by atoms with Crippen LogP contribution in [0.4, 0.5) is 0 Å². The minimum absolute atomic E-state index is 0.0276. The van der Waals surface area contributed by atoms with Gasteiger partial charge in [-0.3, -0.25) is 14.4 Å². The monoisotopic (exact) mass is 297 g/mol. The van der Waals surface area contributed by atoms with Crippen molar-refractivity contribution in [1.29, 1.82) is 0 Å². The SMILES string of the molecule is C=CCOC(=O)C[C@H](C(=O)ON1C(=O)CCC1=O)C(C)C. The highest BCUT2D eigenvalue weighted by Crippen LogP contribution is 2.21. The molecule has 0 unspecified atom stereocenters. The Morgan fingerprint density at radius 1 is 1.29 bits per heavy atom. The number of ether oxygens (including phenoxy) is 1. The Balaban J connectivity index is 2.65. The van der Waals surface area contributed by atoms with Crippen molar-refractivity contribution < 1.29 is 28.8 Å². The van der Waals surface area contributed by atoms with Crippen molar-refractivity contribution in [1.82, 2.24) is 5.06 Å². The zero-order valence-corrected chi connectivity index (χ0v) is 12.2. The molecule has 1 saturated heterocycles. The molecule has 0 aliphatic carbocycles. The highest BCUT2D eigenvalue weighted by atomic mass is 16.7. The van der Waals surface area contributed by atoms with Crippen molar-refractivity contribution in [3.05, 3.63) is 12.7 Å². The molecule has 1 aliphatic rings. The molecule has 0 aromatic carbocycles. The summed E-state index contributed by atoms with van der Waals surface area (Å²) in [5.41, 5.74) is 0. The quantitative estimate of drug-likeness (QED) is 0.395.